The number of para-hydroxylation sites is 1. The summed E-state index contributed by atoms with van der Waals surface area (Å²) in [6, 6.07) is 29.2. The number of ketones is 1. The Morgan fingerprint density at radius 1 is 0.806 bits per heavy atom. The minimum Gasteiger partial charge on any atom is -0.496 e. The number of benzene rings is 3. The molecule has 1 heterocycles. The smallest absolute Gasteiger partial charge is 0.167 e. The molecule has 1 aliphatic rings. The van der Waals surface area contributed by atoms with Crippen molar-refractivity contribution in [2.24, 2.45) is 0 Å². The highest BCUT2D eigenvalue weighted by molar-refractivity contribution is 5.98. The van der Waals surface area contributed by atoms with Gasteiger partial charge < -0.3 is 9.64 Å². The molecule has 0 atom stereocenters. The lowest BCUT2D eigenvalue weighted by molar-refractivity contribution is 0.0891. The van der Waals surface area contributed by atoms with Gasteiger partial charge in [0.15, 0.2) is 5.78 Å². The Morgan fingerprint density at radius 3 is 1.94 bits per heavy atom. The van der Waals surface area contributed by atoms with Crippen LogP contribution in [0.2, 0.25) is 0 Å². The van der Waals surface area contributed by atoms with E-state index < -0.39 is 0 Å². The fourth-order valence-electron chi connectivity index (χ4n) is 4.40. The summed E-state index contributed by atoms with van der Waals surface area (Å²) in [6.07, 6.45) is 0.515. The summed E-state index contributed by atoms with van der Waals surface area (Å²) >= 11 is 0. The van der Waals surface area contributed by atoms with Gasteiger partial charge in [-0.2, -0.15) is 0 Å². The van der Waals surface area contributed by atoms with Crippen LogP contribution in [-0.4, -0.2) is 55.4 Å². The lowest BCUT2D eigenvalue weighted by Crippen LogP contribution is -2.48. The van der Waals surface area contributed by atoms with Gasteiger partial charge in [0.05, 0.1) is 18.7 Å². The first kappa shape index (κ1) is 21.3. The fourth-order valence-corrected chi connectivity index (χ4v) is 4.40. The Balaban J connectivity index is 1.37. The topological polar surface area (TPSA) is 32.8 Å². The number of nitrogens with zero attached hydrogens (tertiary/aromatic N) is 2. The summed E-state index contributed by atoms with van der Waals surface area (Å²) in [5.74, 6) is 0.803. The predicted molar refractivity (Wildman–Crippen MR) is 125 cm³/mol. The summed E-state index contributed by atoms with van der Waals surface area (Å²) in [5.41, 5.74) is 3.33. The van der Waals surface area contributed by atoms with Crippen molar-refractivity contribution in [2.75, 3.05) is 39.8 Å². The number of carbonyl (C=O) groups is 1. The van der Waals surface area contributed by atoms with Gasteiger partial charge >= 0.3 is 0 Å². The molecule has 1 saturated heterocycles. The molecule has 1 aliphatic heterocycles. The van der Waals surface area contributed by atoms with Crippen molar-refractivity contribution in [2.45, 2.75) is 12.5 Å². The highest BCUT2D eigenvalue weighted by atomic mass is 16.5. The van der Waals surface area contributed by atoms with Crippen LogP contribution in [0.3, 0.4) is 0 Å². The summed E-state index contributed by atoms with van der Waals surface area (Å²) < 4.78 is 5.34. The molecule has 0 amide bonds. The van der Waals surface area contributed by atoms with Gasteiger partial charge in [0.25, 0.3) is 0 Å². The Hall–Kier alpha value is -2.95. The SMILES string of the molecule is COc1ccccc1C(=O)CCN1CCN(C(c2ccccc2)c2ccccc2)CC1. The Bertz CT molecular complexity index is 927. The lowest BCUT2D eigenvalue weighted by atomic mass is 9.96. The first-order chi connectivity index (χ1) is 15.3. The molecular weight excluding hydrogens is 384 g/mol. The molecule has 0 spiro atoms. The average Bonchev–Trinajstić information content (AvgIpc) is 2.85. The van der Waals surface area contributed by atoms with Gasteiger partial charge in [-0.15, -0.1) is 0 Å². The lowest BCUT2D eigenvalue weighted by Gasteiger charge is -2.39. The molecule has 0 radical (unpaired) electrons. The number of rotatable bonds is 8. The highest BCUT2D eigenvalue weighted by Gasteiger charge is 2.26. The van der Waals surface area contributed by atoms with Gasteiger partial charge in [-0.3, -0.25) is 9.69 Å². The molecule has 3 aromatic rings. The molecule has 0 N–H and O–H groups in total. The van der Waals surface area contributed by atoms with Crippen LogP contribution in [-0.2, 0) is 0 Å². The van der Waals surface area contributed by atoms with Crippen LogP contribution in [0, 0.1) is 0 Å². The third kappa shape index (κ3) is 5.22. The molecule has 0 bridgehead atoms. The maximum atomic E-state index is 12.7. The third-order valence-electron chi connectivity index (χ3n) is 6.07. The number of hydrogen-bond donors (Lipinski definition) is 0. The summed E-state index contributed by atoms with van der Waals surface area (Å²) in [7, 11) is 1.61. The maximum absolute atomic E-state index is 12.7. The highest BCUT2D eigenvalue weighted by Crippen LogP contribution is 2.29. The zero-order valence-corrected chi connectivity index (χ0v) is 18.1. The van der Waals surface area contributed by atoms with Crippen molar-refractivity contribution in [3.8, 4) is 5.75 Å². The zero-order valence-electron chi connectivity index (χ0n) is 18.1. The van der Waals surface area contributed by atoms with E-state index >= 15 is 0 Å². The molecule has 4 nitrogen and oxygen atoms in total. The number of Topliss-reactive ketones (excluding diaryl/α,β-unsaturated/α-hetero) is 1. The van der Waals surface area contributed by atoms with E-state index in [9.17, 15) is 4.79 Å². The van der Waals surface area contributed by atoms with Crippen LogP contribution in [0.1, 0.15) is 33.9 Å². The molecule has 0 aromatic heterocycles. The first-order valence-electron chi connectivity index (χ1n) is 11.0. The molecule has 3 aromatic carbocycles. The van der Waals surface area contributed by atoms with Crippen molar-refractivity contribution in [1.29, 1.82) is 0 Å². The van der Waals surface area contributed by atoms with Gasteiger partial charge in [-0.05, 0) is 23.3 Å². The van der Waals surface area contributed by atoms with Crippen molar-refractivity contribution < 1.29 is 9.53 Å². The third-order valence-corrected chi connectivity index (χ3v) is 6.07. The minimum absolute atomic E-state index is 0.145. The standard InChI is InChI=1S/C27H30N2O2/c1-31-26-15-9-8-14-24(26)25(30)16-17-28-18-20-29(21-19-28)27(22-10-4-2-5-11-22)23-12-6-3-7-13-23/h2-15,27H,16-21H2,1H3. The number of ether oxygens (including phenoxy) is 1. The molecule has 160 valence electrons. The molecule has 4 heteroatoms. The molecule has 31 heavy (non-hydrogen) atoms. The normalized spacial score (nSPS) is 15.2. The molecule has 4 rings (SSSR count). The van der Waals surface area contributed by atoms with Gasteiger partial charge in [-0.1, -0.05) is 72.8 Å². The predicted octanol–water partition coefficient (Wildman–Crippen LogP) is 4.68. The second-order valence-corrected chi connectivity index (χ2v) is 7.97. The molecule has 0 aliphatic carbocycles. The van der Waals surface area contributed by atoms with Crippen molar-refractivity contribution in [3.63, 3.8) is 0 Å². The van der Waals surface area contributed by atoms with Crippen LogP contribution >= 0.6 is 0 Å². The van der Waals surface area contributed by atoms with Crippen LogP contribution in [0.5, 0.6) is 5.75 Å². The van der Waals surface area contributed by atoms with E-state index in [-0.39, 0.29) is 11.8 Å². The van der Waals surface area contributed by atoms with Crippen LogP contribution in [0.4, 0.5) is 0 Å². The van der Waals surface area contributed by atoms with E-state index in [1.54, 1.807) is 7.11 Å². The van der Waals surface area contributed by atoms with E-state index in [4.69, 9.17) is 4.74 Å². The monoisotopic (exact) mass is 414 g/mol. The first-order valence-corrected chi connectivity index (χ1v) is 11.0. The van der Waals surface area contributed by atoms with E-state index in [2.05, 4.69) is 70.5 Å². The summed E-state index contributed by atoms with van der Waals surface area (Å²) in [4.78, 5) is 17.7. The Kier molecular flexibility index (Phi) is 7.13. The Labute approximate surface area is 185 Å². The quantitative estimate of drug-likeness (QED) is 0.501. The van der Waals surface area contributed by atoms with Crippen LogP contribution < -0.4 is 4.74 Å². The largest absolute Gasteiger partial charge is 0.496 e. The second kappa shape index (κ2) is 10.4. The van der Waals surface area contributed by atoms with Crippen molar-refractivity contribution in [1.82, 2.24) is 9.80 Å². The molecule has 1 fully saturated rings. The minimum atomic E-state index is 0.145. The van der Waals surface area contributed by atoms with Gasteiger partial charge in [0.1, 0.15) is 5.75 Å². The zero-order chi connectivity index (χ0) is 21.5. The Morgan fingerprint density at radius 2 is 1.35 bits per heavy atom. The second-order valence-electron chi connectivity index (χ2n) is 7.97. The van der Waals surface area contributed by atoms with Crippen molar-refractivity contribution >= 4 is 5.78 Å². The summed E-state index contributed by atoms with van der Waals surface area (Å²) in [5, 5.41) is 0. The van der Waals surface area contributed by atoms with E-state index in [0.29, 0.717) is 17.7 Å². The van der Waals surface area contributed by atoms with Crippen molar-refractivity contribution in [3.05, 3.63) is 102 Å². The number of hydrogen-bond acceptors (Lipinski definition) is 4. The molecule has 0 saturated carbocycles. The maximum Gasteiger partial charge on any atom is 0.167 e. The average molecular weight is 415 g/mol. The van der Waals surface area contributed by atoms with Gasteiger partial charge in [0.2, 0.25) is 0 Å². The van der Waals surface area contributed by atoms with Crippen LogP contribution in [0.25, 0.3) is 0 Å². The fraction of sp³-hybridized carbons (Fsp3) is 0.296. The molecular formula is C27H30N2O2. The van der Waals surface area contributed by atoms with Crippen LogP contribution in [0.15, 0.2) is 84.9 Å². The van der Waals surface area contributed by atoms with E-state index in [1.807, 2.05) is 24.3 Å². The molecule has 0 unspecified atom stereocenters. The van der Waals surface area contributed by atoms with E-state index in [0.717, 1.165) is 32.7 Å². The number of methoxy groups -OCH3 is 1. The van der Waals surface area contributed by atoms with Gasteiger partial charge in [-0.25, -0.2) is 0 Å². The number of carbonyl (C=O) groups excluding carboxylic acids is 1. The van der Waals surface area contributed by atoms with Gasteiger partial charge in [0, 0.05) is 39.1 Å². The number of piperazine rings is 1. The summed E-state index contributed by atoms with van der Waals surface area (Å²) in [6.45, 7) is 4.69. The van der Waals surface area contributed by atoms with E-state index in [1.165, 1.54) is 11.1 Å².